The molecule has 0 N–H and O–H groups in total. The largest absolute Gasteiger partial charge is 0.482 e. The van der Waals surface area contributed by atoms with Gasteiger partial charge in [0.25, 0.3) is 0 Å². The van der Waals surface area contributed by atoms with Crippen LogP contribution in [0.15, 0.2) is 48.5 Å². The van der Waals surface area contributed by atoms with Crippen molar-refractivity contribution in [2.45, 2.75) is 18.7 Å². The Kier molecular flexibility index (Phi) is 3.20. The van der Waals surface area contributed by atoms with Crippen LogP contribution in [0.2, 0.25) is 0 Å². The van der Waals surface area contributed by atoms with Gasteiger partial charge in [-0.25, -0.2) is 0 Å². The van der Waals surface area contributed by atoms with Gasteiger partial charge in [0.1, 0.15) is 5.75 Å². The molecule has 1 aliphatic rings. The minimum absolute atomic E-state index is 0.0163. The number of benzene rings is 2. The van der Waals surface area contributed by atoms with Gasteiger partial charge in [0.05, 0.1) is 5.56 Å². The van der Waals surface area contributed by atoms with Gasteiger partial charge < -0.3 is 4.74 Å². The molecule has 1 unspecified atom stereocenters. The van der Waals surface area contributed by atoms with Crippen LogP contribution in [0.1, 0.15) is 21.5 Å². The Hall–Kier alpha value is -2.30. The number of alkyl halides is 3. The molecule has 1 aliphatic heterocycles. The lowest BCUT2D eigenvalue weighted by molar-refractivity contribution is -0.137. The molecule has 21 heavy (non-hydrogen) atoms. The first kappa shape index (κ1) is 13.7. The first-order valence-corrected chi connectivity index (χ1v) is 6.41. The molecule has 1 heterocycles. The van der Waals surface area contributed by atoms with Gasteiger partial charge in [0.2, 0.25) is 5.78 Å². The summed E-state index contributed by atoms with van der Waals surface area (Å²) in [5.41, 5.74) is 0.0781. The van der Waals surface area contributed by atoms with E-state index >= 15 is 0 Å². The van der Waals surface area contributed by atoms with Crippen molar-refractivity contribution in [3.05, 3.63) is 65.2 Å². The van der Waals surface area contributed by atoms with E-state index in [1.165, 1.54) is 12.1 Å². The SMILES string of the molecule is O=C(c1cccc(C(F)(F)F)c1)C1Cc2ccccc2O1. The van der Waals surface area contributed by atoms with E-state index in [2.05, 4.69) is 0 Å². The molecule has 3 rings (SSSR count). The smallest absolute Gasteiger partial charge is 0.416 e. The van der Waals surface area contributed by atoms with Gasteiger partial charge in [-0.2, -0.15) is 13.2 Å². The van der Waals surface area contributed by atoms with Crippen molar-refractivity contribution in [2.24, 2.45) is 0 Å². The van der Waals surface area contributed by atoms with Crippen LogP contribution in [0.3, 0.4) is 0 Å². The molecule has 0 spiro atoms. The predicted molar refractivity (Wildman–Crippen MR) is 70.3 cm³/mol. The molecule has 0 amide bonds. The first-order chi connectivity index (χ1) is 9.95. The Morgan fingerprint density at radius 3 is 2.57 bits per heavy atom. The summed E-state index contributed by atoms with van der Waals surface area (Å²) in [6.07, 6.45) is -4.84. The van der Waals surface area contributed by atoms with E-state index in [0.717, 1.165) is 17.7 Å². The van der Waals surface area contributed by atoms with E-state index in [-0.39, 0.29) is 5.56 Å². The minimum atomic E-state index is -4.46. The molecule has 0 saturated carbocycles. The van der Waals surface area contributed by atoms with Crippen molar-refractivity contribution in [1.29, 1.82) is 0 Å². The molecule has 2 aromatic rings. The predicted octanol–water partition coefficient (Wildman–Crippen LogP) is 3.89. The second-order valence-electron chi connectivity index (χ2n) is 4.86. The van der Waals surface area contributed by atoms with Crippen molar-refractivity contribution in [3.8, 4) is 5.75 Å². The summed E-state index contributed by atoms with van der Waals surface area (Å²) in [4.78, 5) is 12.3. The number of hydrogen-bond donors (Lipinski definition) is 0. The molecule has 0 aromatic heterocycles. The fourth-order valence-electron chi connectivity index (χ4n) is 2.36. The van der Waals surface area contributed by atoms with Crippen molar-refractivity contribution in [3.63, 3.8) is 0 Å². The number of hydrogen-bond acceptors (Lipinski definition) is 2. The average molecular weight is 292 g/mol. The van der Waals surface area contributed by atoms with Gasteiger partial charge in [0, 0.05) is 12.0 Å². The zero-order chi connectivity index (χ0) is 15.0. The number of ketones is 1. The maximum absolute atomic E-state index is 12.7. The van der Waals surface area contributed by atoms with E-state index in [1.807, 2.05) is 12.1 Å². The molecule has 5 heteroatoms. The summed E-state index contributed by atoms with van der Waals surface area (Å²) < 4.78 is 43.6. The molecule has 2 aromatic carbocycles. The lowest BCUT2D eigenvalue weighted by Gasteiger charge is -2.12. The van der Waals surface area contributed by atoms with Gasteiger partial charge in [-0.05, 0) is 23.8 Å². The second-order valence-corrected chi connectivity index (χ2v) is 4.86. The third kappa shape index (κ3) is 2.63. The Balaban J connectivity index is 1.85. The van der Waals surface area contributed by atoms with Crippen LogP contribution >= 0.6 is 0 Å². The van der Waals surface area contributed by atoms with Crippen molar-refractivity contribution in [1.82, 2.24) is 0 Å². The van der Waals surface area contributed by atoms with E-state index in [9.17, 15) is 18.0 Å². The minimum Gasteiger partial charge on any atom is -0.482 e. The van der Waals surface area contributed by atoms with Gasteiger partial charge in [-0.1, -0.05) is 30.3 Å². The molecular formula is C16H11F3O2. The molecule has 0 fully saturated rings. The maximum Gasteiger partial charge on any atom is 0.416 e. The highest BCUT2D eigenvalue weighted by Gasteiger charge is 2.33. The standard InChI is InChI=1S/C16H11F3O2/c17-16(18,19)12-6-3-5-11(8-12)15(20)14-9-10-4-1-2-7-13(10)21-14/h1-8,14H,9H2. The number of para-hydroxylation sites is 1. The van der Waals surface area contributed by atoms with E-state index in [1.54, 1.807) is 12.1 Å². The highest BCUT2D eigenvalue weighted by Crippen LogP contribution is 2.32. The zero-order valence-corrected chi connectivity index (χ0v) is 10.9. The van der Waals surface area contributed by atoms with E-state index in [0.29, 0.717) is 12.2 Å². The molecule has 0 saturated heterocycles. The van der Waals surface area contributed by atoms with Crippen molar-refractivity contribution < 1.29 is 22.7 Å². The summed E-state index contributed by atoms with van der Waals surface area (Å²) >= 11 is 0. The lowest BCUT2D eigenvalue weighted by atomic mass is 10.00. The third-order valence-electron chi connectivity index (χ3n) is 3.41. The Morgan fingerprint density at radius 2 is 1.86 bits per heavy atom. The molecular weight excluding hydrogens is 281 g/mol. The number of carbonyl (C=O) groups excluding carboxylic acids is 1. The average Bonchev–Trinajstić information content (AvgIpc) is 2.89. The Labute approximate surface area is 119 Å². The first-order valence-electron chi connectivity index (χ1n) is 6.41. The van der Waals surface area contributed by atoms with Gasteiger partial charge >= 0.3 is 6.18 Å². The highest BCUT2D eigenvalue weighted by atomic mass is 19.4. The summed E-state index contributed by atoms with van der Waals surface area (Å²) in [7, 11) is 0. The Bertz CT molecular complexity index is 667. The number of ether oxygens (including phenoxy) is 1. The van der Waals surface area contributed by atoms with Crippen LogP contribution < -0.4 is 4.74 Å². The topological polar surface area (TPSA) is 26.3 Å². The third-order valence-corrected chi connectivity index (χ3v) is 3.41. The number of rotatable bonds is 2. The maximum atomic E-state index is 12.7. The van der Waals surface area contributed by atoms with E-state index < -0.39 is 23.6 Å². The van der Waals surface area contributed by atoms with Crippen LogP contribution in [0.5, 0.6) is 5.75 Å². The fraction of sp³-hybridized carbons (Fsp3) is 0.188. The number of fused-ring (bicyclic) bond motifs is 1. The van der Waals surface area contributed by atoms with Crippen LogP contribution in [-0.4, -0.2) is 11.9 Å². The Morgan fingerprint density at radius 1 is 1.10 bits per heavy atom. The quantitative estimate of drug-likeness (QED) is 0.785. The highest BCUT2D eigenvalue weighted by molar-refractivity contribution is 6.00. The van der Waals surface area contributed by atoms with Gasteiger partial charge in [-0.3, -0.25) is 4.79 Å². The van der Waals surface area contributed by atoms with Crippen LogP contribution in [0.25, 0.3) is 0 Å². The lowest BCUT2D eigenvalue weighted by Crippen LogP contribution is -2.25. The molecule has 0 radical (unpaired) electrons. The molecule has 0 bridgehead atoms. The summed E-state index contributed by atoms with van der Waals surface area (Å²) in [6, 6.07) is 11.6. The normalized spacial score (nSPS) is 17.2. The number of carbonyl (C=O) groups is 1. The summed E-state index contributed by atoms with van der Waals surface area (Å²) in [5.74, 6) is 0.181. The summed E-state index contributed by atoms with van der Waals surface area (Å²) in [6.45, 7) is 0. The van der Waals surface area contributed by atoms with Crippen molar-refractivity contribution in [2.75, 3.05) is 0 Å². The van der Waals surface area contributed by atoms with Crippen molar-refractivity contribution >= 4 is 5.78 Å². The number of halogens is 3. The van der Waals surface area contributed by atoms with Crippen LogP contribution in [-0.2, 0) is 12.6 Å². The number of Topliss-reactive ketones (excluding diaryl/α,β-unsaturated/α-hetero) is 1. The summed E-state index contributed by atoms with van der Waals surface area (Å²) in [5, 5.41) is 0. The zero-order valence-electron chi connectivity index (χ0n) is 10.9. The molecule has 0 aliphatic carbocycles. The van der Waals surface area contributed by atoms with Crippen LogP contribution in [0.4, 0.5) is 13.2 Å². The molecule has 108 valence electrons. The second kappa shape index (κ2) is 4.91. The fourth-order valence-corrected chi connectivity index (χ4v) is 2.36. The van der Waals surface area contributed by atoms with E-state index in [4.69, 9.17) is 4.74 Å². The molecule has 1 atom stereocenters. The van der Waals surface area contributed by atoms with Gasteiger partial charge in [0.15, 0.2) is 6.10 Å². The monoisotopic (exact) mass is 292 g/mol. The van der Waals surface area contributed by atoms with Crippen LogP contribution in [0, 0.1) is 0 Å². The van der Waals surface area contributed by atoms with Gasteiger partial charge in [-0.15, -0.1) is 0 Å². The molecule has 2 nitrogen and oxygen atoms in total.